The van der Waals surface area contributed by atoms with E-state index >= 15 is 0 Å². The molecular formula is C34H36N8O4S. The molecule has 0 aliphatic heterocycles. The van der Waals surface area contributed by atoms with Gasteiger partial charge in [-0.15, -0.1) is 0 Å². The van der Waals surface area contributed by atoms with Crippen LogP contribution in [0.4, 0.5) is 23.0 Å². The number of nitro benzene ring substituents is 1. The standard InChI is InChI=1S/C34H36N8O4S/c1-22-7-11-25(12-8-22)47(45,46)41-16-15-26-32(28-21-40(6)29-13-9-23(2)19-27(28)29)36-34(37-33(26)41)35-24-10-14-30(31(20-24)42(43)44)39(5)18-17-38(3)4/h7-16,19-21H,17-18H2,1-6H3,(H,35,36,37). The summed E-state index contributed by atoms with van der Waals surface area (Å²) >= 11 is 0. The molecule has 0 fully saturated rings. The van der Waals surface area contributed by atoms with E-state index in [4.69, 9.17) is 4.98 Å². The van der Waals surface area contributed by atoms with Gasteiger partial charge in [-0.25, -0.2) is 17.4 Å². The molecule has 0 unspecified atom stereocenters. The van der Waals surface area contributed by atoms with Gasteiger partial charge >= 0.3 is 0 Å². The first-order chi connectivity index (χ1) is 22.3. The molecule has 13 heteroatoms. The van der Waals surface area contributed by atoms with E-state index in [0.29, 0.717) is 29.0 Å². The summed E-state index contributed by atoms with van der Waals surface area (Å²) in [5.41, 5.74) is 5.29. The Bertz CT molecular complexity index is 2260. The molecule has 1 N–H and O–H groups in total. The van der Waals surface area contributed by atoms with E-state index in [-0.39, 0.29) is 22.2 Å². The Morgan fingerprint density at radius 1 is 0.894 bits per heavy atom. The third-order valence-electron chi connectivity index (χ3n) is 8.21. The summed E-state index contributed by atoms with van der Waals surface area (Å²) < 4.78 is 31.0. The number of rotatable bonds is 10. The van der Waals surface area contributed by atoms with Crippen LogP contribution in [0.25, 0.3) is 33.2 Å². The third-order valence-corrected chi connectivity index (χ3v) is 9.89. The summed E-state index contributed by atoms with van der Waals surface area (Å²) in [5, 5.41) is 16.8. The molecule has 0 saturated carbocycles. The minimum absolute atomic E-state index is 0.0765. The number of nitro groups is 1. The predicted molar refractivity (Wildman–Crippen MR) is 186 cm³/mol. The first kappa shape index (κ1) is 31.7. The van der Waals surface area contributed by atoms with Crippen molar-refractivity contribution in [3.8, 4) is 11.3 Å². The van der Waals surface area contributed by atoms with E-state index in [2.05, 4.69) is 16.4 Å². The van der Waals surface area contributed by atoms with Crippen molar-refractivity contribution < 1.29 is 13.3 Å². The summed E-state index contributed by atoms with van der Waals surface area (Å²) in [6.07, 6.45) is 3.45. The van der Waals surface area contributed by atoms with Gasteiger partial charge in [-0.2, -0.15) is 4.98 Å². The van der Waals surface area contributed by atoms with Gasteiger partial charge in [-0.3, -0.25) is 10.1 Å². The van der Waals surface area contributed by atoms with Gasteiger partial charge in [0.25, 0.3) is 15.7 Å². The Labute approximate surface area is 273 Å². The smallest absolute Gasteiger partial charge is 0.294 e. The fraction of sp³-hybridized carbons (Fsp3) is 0.235. The van der Waals surface area contributed by atoms with Gasteiger partial charge in [-0.1, -0.05) is 29.3 Å². The predicted octanol–water partition coefficient (Wildman–Crippen LogP) is 6.09. The second-order valence-electron chi connectivity index (χ2n) is 12.0. The molecule has 6 rings (SSSR count). The highest BCUT2D eigenvalue weighted by Crippen LogP contribution is 2.37. The lowest BCUT2D eigenvalue weighted by molar-refractivity contribution is -0.384. The molecule has 0 aliphatic carbocycles. The van der Waals surface area contributed by atoms with E-state index in [0.717, 1.165) is 38.1 Å². The number of hydrogen-bond acceptors (Lipinski definition) is 9. The molecule has 6 aromatic rings. The van der Waals surface area contributed by atoms with Gasteiger partial charge in [0, 0.05) is 73.2 Å². The molecule has 3 heterocycles. The molecule has 242 valence electrons. The van der Waals surface area contributed by atoms with Crippen LogP contribution in [0.3, 0.4) is 0 Å². The van der Waals surface area contributed by atoms with Crippen LogP contribution >= 0.6 is 0 Å². The lowest BCUT2D eigenvalue weighted by atomic mass is 10.1. The molecule has 0 radical (unpaired) electrons. The first-order valence-electron chi connectivity index (χ1n) is 15.0. The van der Waals surface area contributed by atoms with Crippen LogP contribution in [0.15, 0.2) is 84.0 Å². The molecule has 0 amide bonds. The number of fused-ring (bicyclic) bond motifs is 2. The van der Waals surface area contributed by atoms with Crippen LogP contribution in [0.5, 0.6) is 0 Å². The highest BCUT2D eigenvalue weighted by molar-refractivity contribution is 7.90. The molecule has 3 aromatic heterocycles. The number of aromatic nitrogens is 4. The van der Waals surface area contributed by atoms with Crippen molar-refractivity contribution >= 4 is 55.0 Å². The van der Waals surface area contributed by atoms with Crippen molar-refractivity contribution in [2.75, 3.05) is 44.4 Å². The fourth-order valence-electron chi connectivity index (χ4n) is 5.64. The molecule has 0 saturated heterocycles. The summed E-state index contributed by atoms with van der Waals surface area (Å²) in [6, 6.07) is 19.3. The van der Waals surface area contributed by atoms with Crippen LogP contribution in [0.2, 0.25) is 0 Å². The van der Waals surface area contributed by atoms with Crippen LogP contribution in [-0.2, 0) is 17.1 Å². The number of aryl methyl sites for hydroxylation is 3. The van der Waals surface area contributed by atoms with E-state index in [1.54, 1.807) is 42.5 Å². The molecular weight excluding hydrogens is 616 g/mol. The second-order valence-corrected chi connectivity index (χ2v) is 13.9. The van der Waals surface area contributed by atoms with E-state index in [9.17, 15) is 18.5 Å². The van der Waals surface area contributed by atoms with Crippen LogP contribution in [0.1, 0.15) is 11.1 Å². The number of nitrogens with zero attached hydrogens (tertiary/aromatic N) is 7. The van der Waals surface area contributed by atoms with Crippen LogP contribution in [0, 0.1) is 24.0 Å². The molecule has 47 heavy (non-hydrogen) atoms. The van der Waals surface area contributed by atoms with Crippen molar-refractivity contribution in [3.05, 3.63) is 100 Å². The van der Waals surface area contributed by atoms with Gasteiger partial charge in [0.1, 0.15) is 5.69 Å². The van der Waals surface area contributed by atoms with Crippen LogP contribution in [-0.4, -0.2) is 71.0 Å². The topological polar surface area (TPSA) is 131 Å². The Hall–Kier alpha value is -5.27. The van der Waals surface area contributed by atoms with E-state index in [1.165, 1.54) is 12.3 Å². The number of hydrogen-bond donors (Lipinski definition) is 1. The Morgan fingerprint density at radius 3 is 2.32 bits per heavy atom. The molecule has 0 bridgehead atoms. The zero-order chi connectivity index (χ0) is 33.6. The molecule has 0 spiro atoms. The SMILES string of the molecule is Cc1ccc(S(=O)(=O)n2ccc3c(-c4cn(C)c5ccc(C)cc45)nc(Nc4ccc(N(C)CCN(C)C)c([N+](=O)[O-])c4)nc32)cc1. The van der Waals surface area contributed by atoms with Gasteiger partial charge in [0.2, 0.25) is 5.95 Å². The third kappa shape index (κ3) is 6.02. The second kappa shape index (κ2) is 12.2. The number of anilines is 3. The Balaban J connectivity index is 1.52. The average Bonchev–Trinajstić information content (AvgIpc) is 3.60. The summed E-state index contributed by atoms with van der Waals surface area (Å²) in [7, 11) is 3.63. The summed E-state index contributed by atoms with van der Waals surface area (Å²) in [6.45, 7) is 5.23. The van der Waals surface area contributed by atoms with E-state index < -0.39 is 14.9 Å². The highest BCUT2D eigenvalue weighted by atomic mass is 32.2. The number of likely N-dealkylation sites (N-methyl/N-ethyl adjacent to an activating group) is 2. The maximum absolute atomic E-state index is 13.9. The fourth-order valence-corrected chi connectivity index (χ4v) is 6.93. The molecule has 3 aromatic carbocycles. The molecule has 12 nitrogen and oxygen atoms in total. The number of nitrogens with one attached hydrogen (secondary N) is 1. The first-order valence-corrected chi connectivity index (χ1v) is 16.5. The normalized spacial score (nSPS) is 11.9. The minimum Gasteiger partial charge on any atom is -0.368 e. The van der Waals surface area contributed by atoms with Gasteiger partial charge in [0.15, 0.2) is 5.65 Å². The van der Waals surface area contributed by atoms with Crippen molar-refractivity contribution in [3.63, 3.8) is 0 Å². The maximum Gasteiger partial charge on any atom is 0.294 e. The van der Waals surface area contributed by atoms with Gasteiger partial charge in [0.05, 0.1) is 15.5 Å². The summed E-state index contributed by atoms with van der Waals surface area (Å²) in [4.78, 5) is 25.3. The van der Waals surface area contributed by atoms with E-state index in [1.807, 2.05) is 74.7 Å². The lowest BCUT2D eigenvalue weighted by Gasteiger charge is -2.21. The molecule has 0 atom stereocenters. The lowest BCUT2D eigenvalue weighted by Crippen LogP contribution is -2.28. The van der Waals surface area contributed by atoms with Crippen molar-refractivity contribution in [1.82, 2.24) is 23.4 Å². The number of benzene rings is 3. The van der Waals surface area contributed by atoms with Gasteiger partial charge < -0.3 is 19.7 Å². The average molecular weight is 653 g/mol. The maximum atomic E-state index is 13.9. The van der Waals surface area contributed by atoms with Crippen molar-refractivity contribution in [1.29, 1.82) is 0 Å². The minimum atomic E-state index is -4.02. The zero-order valence-corrected chi connectivity index (χ0v) is 27.9. The molecule has 0 aliphatic rings. The highest BCUT2D eigenvalue weighted by Gasteiger charge is 2.25. The van der Waals surface area contributed by atoms with Gasteiger partial charge in [-0.05, 0) is 70.4 Å². The quantitative estimate of drug-likeness (QED) is 0.138. The Kier molecular flexibility index (Phi) is 8.20. The largest absolute Gasteiger partial charge is 0.368 e. The summed E-state index contributed by atoms with van der Waals surface area (Å²) in [5.74, 6) is 0.0965. The Morgan fingerprint density at radius 2 is 1.62 bits per heavy atom. The zero-order valence-electron chi connectivity index (χ0n) is 27.1. The van der Waals surface area contributed by atoms with Crippen LogP contribution < -0.4 is 10.2 Å². The van der Waals surface area contributed by atoms with Crippen molar-refractivity contribution in [2.24, 2.45) is 7.05 Å². The van der Waals surface area contributed by atoms with Crippen molar-refractivity contribution in [2.45, 2.75) is 18.7 Å². The monoisotopic (exact) mass is 652 g/mol.